The molecule has 0 aromatic heterocycles. The molecule has 1 unspecified atom stereocenters. The molecular formula is C11H19N3O6. The number of hydrogen-bond donors (Lipinski definition) is 3. The second-order valence-electron chi connectivity index (χ2n) is 4.24. The fourth-order valence-electron chi connectivity index (χ4n) is 1.30. The molecule has 0 saturated heterocycles. The zero-order valence-corrected chi connectivity index (χ0v) is 11.8. The number of nitrogens with zero attached hydrogens (tertiary/aromatic N) is 1. The van der Waals surface area contributed by atoms with E-state index in [1.807, 2.05) is 0 Å². The van der Waals surface area contributed by atoms with E-state index in [-0.39, 0.29) is 5.91 Å². The molecule has 0 spiro atoms. The lowest BCUT2D eigenvalue weighted by molar-refractivity contribution is -0.147. The maximum absolute atomic E-state index is 11.6. The molecule has 9 nitrogen and oxygen atoms in total. The van der Waals surface area contributed by atoms with Gasteiger partial charge < -0.3 is 25.4 Å². The Balaban J connectivity index is 4.51. The summed E-state index contributed by atoms with van der Waals surface area (Å²) in [5.74, 6) is -2.49. The number of carbonyl (C=O) groups excluding carboxylic acids is 3. The van der Waals surface area contributed by atoms with Crippen LogP contribution in [-0.4, -0.2) is 67.2 Å². The van der Waals surface area contributed by atoms with Gasteiger partial charge in [0.1, 0.15) is 12.1 Å². The highest BCUT2D eigenvalue weighted by Gasteiger charge is 2.25. The third-order valence-electron chi connectivity index (χ3n) is 2.36. The van der Waals surface area contributed by atoms with Gasteiger partial charge in [-0.2, -0.15) is 0 Å². The van der Waals surface area contributed by atoms with Crippen molar-refractivity contribution in [3.05, 3.63) is 0 Å². The lowest BCUT2D eigenvalue weighted by Crippen LogP contribution is -2.52. The second kappa shape index (κ2) is 7.97. The minimum Gasteiger partial charge on any atom is -0.480 e. The molecule has 0 fully saturated rings. The predicted molar refractivity (Wildman–Crippen MR) is 67.9 cm³/mol. The summed E-state index contributed by atoms with van der Waals surface area (Å²) in [5.41, 5.74) is 0. The maximum Gasteiger partial charge on any atom is 0.326 e. The van der Waals surface area contributed by atoms with Crippen molar-refractivity contribution in [2.24, 2.45) is 0 Å². The monoisotopic (exact) mass is 289 g/mol. The van der Waals surface area contributed by atoms with Crippen LogP contribution in [0.4, 0.5) is 4.79 Å². The number of likely N-dealkylation sites (N-methyl/N-ethyl adjacent to an activating group) is 1. The molecule has 0 rings (SSSR count). The highest BCUT2D eigenvalue weighted by atomic mass is 16.5. The lowest BCUT2D eigenvalue weighted by atomic mass is 10.2. The first kappa shape index (κ1) is 17.7. The average molecular weight is 289 g/mol. The summed E-state index contributed by atoms with van der Waals surface area (Å²) in [5, 5.41) is 13.2. The number of aliphatic carboxylic acids is 1. The van der Waals surface area contributed by atoms with Crippen molar-refractivity contribution < 1.29 is 29.0 Å². The molecule has 0 heterocycles. The highest BCUT2D eigenvalue weighted by Crippen LogP contribution is 1.96. The molecule has 3 amide bonds. The van der Waals surface area contributed by atoms with Crippen LogP contribution in [0.1, 0.15) is 13.3 Å². The van der Waals surface area contributed by atoms with Crippen LogP contribution in [0.2, 0.25) is 0 Å². The third-order valence-corrected chi connectivity index (χ3v) is 2.36. The van der Waals surface area contributed by atoms with E-state index in [4.69, 9.17) is 5.11 Å². The van der Waals surface area contributed by atoms with Crippen LogP contribution in [0, 0.1) is 0 Å². The molecule has 0 aromatic rings. The van der Waals surface area contributed by atoms with Crippen LogP contribution in [-0.2, 0) is 19.1 Å². The summed E-state index contributed by atoms with van der Waals surface area (Å²) in [6.07, 6.45) is -0.505. The van der Waals surface area contributed by atoms with Crippen molar-refractivity contribution in [3.63, 3.8) is 0 Å². The molecule has 2 atom stereocenters. The molecule has 0 aliphatic heterocycles. The molecular weight excluding hydrogens is 270 g/mol. The summed E-state index contributed by atoms with van der Waals surface area (Å²) in [6.45, 7) is 1.46. The average Bonchev–Trinajstić information content (AvgIpc) is 2.36. The number of nitrogens with one attached hydrogen (secondary N) is 2. The van der Waals surface area contributed by atoms with Gasteiger partial charge in [-0.1, -0.05) is 0 Å². The van der Waals surface area contributed by atoms with Gasteiger partial charge in [-0.15, -0.1) is 0 Å². The number of carbonyl (C=O) groups is 4. The van der Waals surface area contributed by atoms with Crippen LogP contribution in [0.5, 0.6) is 0 Å². The lowest BCUT2D eigenvalue weighted by Gasteiger charge is -2.20. The zero-order chi connectivity index (χ0) is 15.9. The number of hydrogen-bond acceptors (Lipinski definition) is 5. The Kier molecular flexibility index (Phi) is 7.05. The minimum absolute atomic E-state index is 0.347. The van der Waals surface area contributed by atoms with Gasteiger partial charge in [0, 0.05) is 14.1 Å². The molecule has 0 radical (unpaired) electrons. The quantitative estimate of drug-likeness (QED) is 0.526. The molecule has 114 valence electrons. The van der Waals surface area contributed by atoms with Crippen molar-refractivity contribution in [1.82, 2.24) is 15.5 Å². The number of carboxylic acid groups (broad SMARTS) is 1. The Labute approximate surface area is 116 Å². The van der Waals surface area contributed by atoms with Crippen LogP contribution in [0.15, 0.2) is 0 Å². The number of esters is 1. The first-order valence-corrected chi connectivity index (χ1v) is 5.76. The number of rotatable bonds is 6. The van der Waals surface area contributed by atoms with Crippen molar-refractivity contribution in [2.75, 3.05) is 21.2 Å². The second-order valence-corrected chi connectivity index (χ2v) is 4.24. The van der Waals surface area contributed by atoms with Crippen LogP contribution >= 0.6 is 0 Å². The number of methoxy groups -OCH3 is 1. The largest absolute Gasteiger partial charge is 0.480 e. The fourth-order valence-corrected chi connectivity index (χ4v) is 1.30. The Bertz CT molecular complexity index is 396. The first-order valence-electron chi connectivity index (χ1n) is 5.76. The standard InChI is InChI=1S/C11H19N3O6/c1-6(9(16)14(2)3)12-11(19)13-7(10(17)18)5-8(15)20-4/h6-7H,5H2,1-4H3,(H,17,18)(H2,12,13,19)/t6?,7-/m0/s1. The van der Waals surface area contributed by atoms with Crippen molar-refractivity contribution in [3.8, 4) is 0 Å². The summed E-state index contributed by atoms with van der Waals surface area (Å²) >= 11 is 0. The van der Waals surface area contributed by atoms with Gasteiger partial charge in [-0.05, 0) is 6.92 Å². The molecule has 0 aliphatic carbocycles. The van der Waals surface area contributed by atoms with E-state index in [1.165, 1.54) is 25.9 Å². The van der Waals surface area contributed by atoms with Gasteiger partial charge in [0.25, 0.3) is 0 Å². The van der Waals surface area contributed by atoms with Gasteiger partial charge in [0.2, 0.25) is 5.91 Å². The minimum atomic E-state index is -1.43. The maximum atomic E-state index is 11.6. The van der Waals surface area contributed by atoms with Crippen LogP contribution in [0.25, 0.3) is 0 Å². The van der Waals surface area contributed by atoms with Crippen molar-refractivity contribution in [1.29, 1.82) is 0 Å². The number of carboxylic acids is 1. The van der Waals surface area contributed by atoms with E-state index < -0.39 is 36.5 Å². The van der Waals surface area contributed by atoms with Crippen molar-refractivity contribution in [2.45, 2.75) is 25.4 Å². The Morgan fingerprint density at radius 3 is 2.15 bits per heavy atom. The van der Waals surface area contributed by atoms with Gasteiger partial charge in [0.05, 0.1) is 13.5 Å². The van der Waals surface area contributed by atoms with E-state index in [2.05, 4.69) is 15.4 Å². The van der Waals surface area contributed by atoms with Gasteiger partial charge in [0.15, 0.2) is 0 Å². The molecule has 0 aromatic carbocycles. The highest BCUT2D eigenvalue weighted by molar-refractivity contribution is 5.89. The summed E-state index contributed by atoms with van der Waals surface area (Å²) < 4.78 is 4.33. The Morgan fingerprint density at radius 2 is 1.75 bits per heavy atom. The van der Waals surface area contributed by atoms with Gasteiger partial charge >= 0.3 is 18.0 Å². The molecule has 9 heteroatoms. The normalized spacial score (nSPS) is 12.8. The molecule has 20 heavy (non-hydrogen) atoms. The molecule has 0 saturated carbocycles. The fraction of sp³-hybridized carbons (Fsp3) is 0.636. The topological polar surface area (TPSA) is 125 Å². The number of urea groups is 1. The van der Waals surface area contributed by atoms with Crippen LogP contribution in [0.3, 0.4) is 0 Å². The van der Waals surface area contributed by atoms with E-state index in [1.54, 1.807) is 0 Å². The first-order chi connectivity index (χ1) is 9.18. The number of ether oxygens (including phenoxy) is 1. The number of amides is 3. The summed E-state index contributed by atoms with van der Waals surface area (Å²) in [6, 6.07) is -3.11. The molecule has 0 bridgehead atoms. The van der Waals surface area contributed by atoms with Crippen molar-refractivity contribution >= 4 is 23.9 Å². The van der Waals surface area contributed by atoms with Crippen LogP contribution < -0.4 is 10.6 Å². The Morgan fingerprint density at radius 1 is 1.20 bits per heavy atom. The smallest absolute Gasteiger partial charge is 0.326 e. The summed E-state index contributed by atoms with van der Waals surface area (Å²) in [4.78, 5) is 46.3. The van der Waals surface area contributed by atoms with E-state index in [0.29, 0.717) is 0 Å². The Hall–Kier alpha value is -2.32. The molecule has 0 aliphatic rings. The van der Waals surface area contributed by atoms with E-state index in [9.17, 15) is 19.2 Å². The molecule has 3 N–H and O–H groups in total. The summed E-state index contributed by atoms with van der Waals surface area (Å²) in [7, 11) is 4.16. The SMILES string of the molecule is COC(=O)C[C@H](NC(=O)NC(C)C(=O)N(C)C)C(=O)O. The van der Waals surface area contributed by atoms with E-state index in [0.717, 1.165) is 7.11 Å². The third kappa shape index (κ3) is 6.03. The van der Waals surface area contributed by atoms with Gasteiger partial charge in [-0.25, -0.2) is 9.59 Å². The van der Waals surface area contributed by atoms with Gasteiger partial charge in [-0.3, -0.25) is 9.59 Å². The zero-order valence-electron chi connectivity index (χ0n) is 11.8. The van der Waals surface area contributed by atoms with E-state index >= 15 is 0 Å². The predicted octanol–water partition coefficient (Wildman–Crippen LogP) is -1.22.